The molecule has 0 amide bonds. The van der Waals surface area contributed by atoms with Gasteiger partial charge in [-0.05, 0) is 31.4 Å². The van der Waals surface area contributed by atoms with E-state index in [-0.39, 0.29) is 0 Å². The minimum absolute atomic E-state index is 0.330. The number of rotatable bonds is 4. The van der Waals surface area contributed by atoms with E-state index in [2.05, 4.69) is 53.1 Å². The van der Waals surface area contributed by atoms with E-state index >= 15 is 0 Å². The molecule has 2 N–H and O–H groups in total. The summed E-state index contributed by atoms with van der Waals surface area (Å²) in [6.45, 7) is 6.66. The average molecular weight is 285 g/mol. The van der Waals surface area contributed by atoms with Crippen LogP contribution in [0.1, 0.15) is 36.8 Å². The SMILES string of the molecule is CC(C)n1ncnc1CN1Cc2ccccc2CC1CN. The molecule has 5 heteroatoms. The monoisotopic (exact) mass is 285 g/mol. The first-order valence-electron chi connectivity index (χ1n) is 7.58. The minimum Gasteiger partial charge on any atom is -0.329 e. The Labute approximate surface area is 125 Å². The van der Waals surface area contributed by atoms with Gasteiger partial charge in [-0.2, -0.15) is 5.10 Å². The summed E-state index contributed by atoms with van der Waals surface area (Å²) in [6.07, 6.45) is 2.66. The largest absolute Gasteiger partial charge is 0.329 e. The van der Waals surface area contributed by atoms with E-state index in [0.29, 0.717) is 18.6 Å². The van der Waals surface area contributed by atoms with Crippen molar-refractivity contribution in [3.8, 4) is 0 Å². The van der Waals surface area contributed by atoms with Gasteiger partial charge in [0.1, 0.15) is 12.2 Å². The third-order valence-electron chi connectivity index (χ3n) is 4.22. The Morgan fingerprint density at radius 3 is 2.76 bits per heavy atom. The van der Waals surface area contributed by atoms with Crippen LogP contribution in [-0.4, -0.2) is 32.3 Å². The summed E-state index contributed by atoms with van der Waals surface area (Å²) in [7, 11) is 0. The average Bonchev–Trinajstić information content (AvgIpc) is 2.95. The summed E-state index contributed by atoms with van der Waals surface area (Å²) in [5.41, 5.74) is 8.82. The van der Waals surface area contributed by atoms with Crippen LogP contribution in [0.2, 0.25) is 0 Å². The van der Waals surface area contributed by atoms with Crippen molar-refractivity contribution in [1.29, 1.82) is 0 Å². The van der Waals surface area contributed by atoms with E-state index in [1.165, 1.54) is 11.1 Å². The van der Waals surface area contributed by atoms with E-state index in [4.69, 9.17) is 5.73 Å². The molecule has 1 aromatic heterocycles. The fourth-order valence-corrected chi connectivity index (χ4v) is 3.06. The van der Waals surface area contributed by atoms with Crippen molar-refractivity contribution in [1.82, 2.24) is 19.7 Å². The third-order valence-corrected chi connectivity index (χ3v) is 4.22. The lowest BCUT2D eigenvalue weighted by atomic mass is 9.94. The molecule has 5 nitrogen and oxygen atoms in total. The molecule has 21 heavy (non-hydrogen) atoms. The Bertz CT molecular complexity index is 604. The summed E-state index contributed by atoms with van der Waals surface area (Å²) in [6, 6.07) is 9.34. The summed E-state index contributed by atoms with van der Waals surface area (Å²) in [4.78, 5) is 6.85. The molecule has 1 aliphatic heterocycles. The molecule has 0 bridgehead atoms. The van der Waals surface area contributed by atoms with E-state index < -0.39 is 0 Å². The number of hydrogen-bond acceptors (Lipinski definition) is 4. The van der Waals surface area contributed by atoms with Crippen LogP contribution in [-0.2, 0) is 19.5 Å². The fraction of sp³-hybridized carbons (Fsp3) is 0.500. The Balaban J connectivity index is 1.83. The van der Waals surface area contributed by atoms with Crippen LogP contribution in [0.25, 0.3) is 0 Å². The molecule has 0 aliphatic carbocycles. The van der Waals surface area contributed by atoms with Crippen molar-refractivity contribution in [2.24, 2.45) is 5.73 Å². The number of fused-ring (bicyclic) bond motifs is 1. The maximum atomic E-state index is 5.99. The van der Waals surface area contributed by atoms with Crippen molar-refractivity contribution in [3.63, 3.8) is 0 Å². The Kier molecular flexibility index (Phi) is 4.03. The number of nitrogens with two attached hydrogens (primary N) is 1. The lowest BCUT2D eigenvalue weighted by Gasteiger charge is -2.36. The predicted octanol–water partition coefficient (Wildman–Crippen LogP) is 1.74. The number of nitrogens with zero attached hydrogens (tertiary/aromatic N) is 4. The van der Waals surface area contributed by atoms with Crippen LogP contribution < -0.4 is 5.73 Å². The van der Waals surface area contributed by atoms with Crippen molar-refractivity contribution in [2.75, 3.05) is 6.54 Å². The van der Waals surface area contributed by atoms with Gasteiger partial charge in [0, 0.05) is 25.2 Å². The fourth-order valence-electron chi connectivity index (χ4n) is 3.06. The first kappa shape index (κ1) is 14.2. The number of aromatic nitrogens is 3. The summed E-state index contributed by atoms with van der Waals surface area (Å²) in [5.74, 6) is 1.02. The molecule has 3 rings (SSSR count). The molecule has 0 saturated heterocycles. The maximum Gasteiger partial charge on any atom is 0.141 e. The second kappa shape index (κ2) is 5.95. The predicted molar refractivity (Wildman–Crippen MR) is 82.6 cm³/mol. The highest BCUT2D eigenvalue weighted by atomic mass is 15.4. The standard InChI is InChI=1S/C16H23N5/c1-12(2)21-16(18-11-19-21)10-20-9-14-6-4-3-5-13(14)7-15(20)8-17/h3-6,11-12,15H,7-10,17H2,1-2H3. The Morgan fingerprint density at radius 1 is 1.29 bits per heavy atom. The summed E-state index contributed by atoms with van der Waals surface area (Å²) in [5, 5.41) is 4.32. The van der Waals surface area contributed by atoms with Crippen LogP contribution in [0, 0.1) is 0 Å². The molecule has 1 aliphatic rings. The Hall–Kier alpha value is -1.72. The van der Waals surface area contributed by atoms with Gasteiger partial charge >= 0.3 is 0 Å². The second-order valence-electron chi connectivity index (χ2n) is 5.98. The topological polar surface area (TPSA) is 60.0 Å². The van der Waals surface area contributed by atoms with Gasteiger partial charge in [0.25, 0.3) is 0 Å². The van der Waals surface area contributed by atoms with Crippen molar-refractivity contribution >= 4 is 0 Å². The van der Waals surface area contributed by atoms with Crippen LogP contribution in [0.3, 0.4) is 0 Å². The Morgan fingerprint density at radius 2 is 2.05 bits per heavy atom. The summed E-state index contributed by atoms with van der Waals surface area (Å²) >= 11 is 0. The highest BCUT2D eigenvalue weighted by Gasteiger charge is 2.26. The molecular formula is C16H23N5. The lowest BCUT2D eigenvalue weighted by Crippen LogP contribution is -2.44. The molecule has 0 spiro atoms. The highest BCUT2D eigenvalue weighted by Crippen LogP contribution is 2.24. The molecular weight excluding hydrogens is 262 g/mol. The smallest absolute Gasteiger partial charge is 0.141 e. The van der Waals surface area contributed by atoms with E-state index in [1.54, 1.807) is 6.33 Å². The van der Waals surface area contributed by atoms with Crippen LogP contribution >= 0.6 is 0 Å². The van der Waals surface area contributed by atoms with Gasteiger partial charge in [-0.3, -0.25) is 4.90 Å². The van der Waals surface area contributed by atoms with Crippen LogP contribution in [0.4, 0.5) is 0 Å². The zero-order valence-corrected chi connectivity index (χ0v) is 12.7. The van der Waals surface area contributed by atoms with Gasteiger partial charge in [0.2, 0.25) is 0 Å². The van der Waals surface area contributed by atoms with E-state index in [9.17, 15) is 0 Å². The van der Waals surface area contributed by atoms with Crippen molar-refractivity contribution in [3.05, 3.63) is 47.5 Å². The van der Waals surface area contributed by atoms with Crippen LogP contribution in [0.5, 0.6) is 0 Å². The first-order chi connectivity index (χ1) is 10.2. The van der Waals surface area contributed by atoms with E-state index in [0.717, 1.165) is 25.3 Å². The third kappa shape index (κ3) is 2.84. The molecule has 2 aromatic rings. The lowest BCUT2D eigenvalue weighted by molar-refractivity contribution is 0.159. The molecule has 1 aromatic carbocycles. The van der Waals surface area contributed by atoms with Crippen molar-refractivity contribution in [2.45, 2.75) is 45.4 Å². The molecule has 1 atom stereocenters. The number of hydrogen-bond donors (Lipinski definition) is 1. The van der Waals surface area contributed by atoms with Gasteiger partial charge in [0.05, 0.1) is 6.54 Å². The zero-order chi connectivity index (χ0) is 14.8. The van der Waals surface area contributed by atoms with Gasteiger partial charge in [-0.25, -0.2) is 9.67 Å². The molecule has 0 saturated carbocycles. The zero-order valence-electron chi connectivity index (χ0n) is 12.7. The van der Waals surface area contributed by atoms with Gasteiger partial charge in [-0.15, -0.1) is 0 Å². The van der Waals surface area contributed by atoms with E-state index in [1.807, 2.05) is 4.68 Å². The molecule has 0 fully saturated rings. The minimum atomic E-state index is 0.330. The van der Waals surface area contributed by atoms with Gasteiger partial charge < -0.3 is 5.73 Å². The molecule has 112 valence electrons. The highest BCUT2D eigenvalue weighted by molar-refractivity contribution is 5.30. The number of benzene rings is 1. The second-order valence-corrected chi connectivity index (χ2v) is 5.98. The van der Waals surface area contributed by atoms with Gasteiger partial charge in [-0.1, -0.05) is 24.3 Å². The summed E-state index contributed by atoms with van der Waals surface area (Å²) < 4.78 is 1.99. The van der Waals surface area contributed by atoms with Crippen molar-refractivity contribution < 1.29 is 0 Å². The molecule has 2 heterocycles. The quantitative estimate of drug-likeness (QED) is 0.929. The molecule has 0 radical (unpaired) electrons. The van der Waals surface area contributed by atoms with Crippen LogP contribution in [0.15, 0.2) is 30.6 Å². The maximum absolute atomic E-state index is 5.99. The van der Waals surface area contributed by atoms with Gasteiger partial charge in [0.15, 0.2) is 0 Å². The molecule has 1 unspecified atom stereocenters. The first-order valence-corrected chi connectivity index (χ1v) is 7.58. The normalized spacial score (nSPS) is 19.0.